The molecule has 1 heterocycles. The van der Waals surface area contributed by atoms with Gasteiger partial charge in [-0.3, -0.25) is 10.1 Å². The van der Waals surface area contributed by atoms with Crippen LogP contribution >= 0.6 is 11.6 Å². The van der Waals surface area contributed by atoms with Crippen LogP contribution in [0.25, 0.3) is 0 Å². The van der Waals surface area contributed by atoms with Gasteiger partial charge < -0.3 is 10.6 Å². The molecular weight excluding hydrogens is 273 g/mol. The molecule has 104 valence electrons. The van der Waals surface area contributed by atoms with E-state index in [0.717, 1.165) is 18.6 Å². The Labute approximate surface area is 115 Å². The van der Waals surface area contributed by atoms with E-state index in [0.29, 0.717) is 19.0 Å². The Kier molecular flexibility index (Phi) is 3.91. The average Bonchev–Trinajstić information content (AvgIpc) is 2.35. The van der Waals surface area contributed by atoms with Crippen molar-refractivity contribution in [1.29, 1.82) is 0 Å². The average molecular weight is 288 g/mol. The number of nitrogens with zero attached hydrogens (tertiary/aromatic N) is 2. The maximum atomic E-state index is 13.5. The third-order valence-electron chi connectivity index (χ3n) is 3.57. The van der Waals surface area contributed by atoms with Crippen molar-refractivity contribution in [3.8, 4) is 0 Å². The second-order valence-corrected chi connectivity index (χ2v) is 5.30. The lowest BCUT2D eigenvalue weighted by molar-refractivity contribution is -0.384. The summed E-state index contributed by atoms with van der Waals surface area (Å²) in [6.45, 7) is 3.14. The molecule has 1 saturated heterocycles. The van der Waals surface area contributed by atoms with Crippen LogP contribution in [0.4, 0.5) is 15.8 Å². The molecule has 1 aliphatic heterocycles. The van der Waals surface area contributed by atoms with E-state index in [9.17, 15) is 14.5 Å². The molecule has 2 unspecified atom stereocenters. The molecule has 0 spiro atoms. The number of anilines is 1. The Hall–Kier alpha value is -1.40. The topological polar surface area (TPSA) is 72.4 Å². The number of nitrogens with two attached hydrogens (primary N) is 1. The van der Waals surface area contributed by atoms with Crippen LogP contribution in [0.5, 0.6) is 0 Å². The van der Waals surface area contributed by atoms with Gasteiger partial charge in [-0.2, -0.15) is 0 Å². The Morgan fingerprint density at radius 3 is 2.84 bits per heavy atom. The summed E-state index contributed by atoms with van der Waals surface area (Å²) in [5, 5.41) is 10.8. The van der Waals surface area contributed by atoms with Crippen LogP contribution in [0.15, 0.2) is 12.1 Å². The fourth-order valence-electron chi connectivity index (χ4n) is 2.24. The smallest absolute Gasteiger partial charge is 0.294 e. The van der Waals surface area contributed by atoms with Gasteiger partial charge in [0.1, 0.15) is 11.5 Å². The van der Waals surface area contributed by atoms with Crippen LogP contribution < -0.4 is 10.6 Å². The molecule has 0 saturated carbocycles. The maximum Gasteiger partial charge on any atom is 0.294 e. The number of nitro groups is 1. The van der Waals surface area contributed by atoms with E-state index in [1.165, 1.54) is 0 Å². The summed E-state index contributed by atoms with van der Waals surface area (Å²) in [5.41, 5.74) is 6.03. The molecule has 2 rings (SSSR count). The van der Waals surface area contributed by atoms with Crippen molar-refractivity contribution in [2.75, 3.05) is 18.0 Å². The molecule has 0 amide bonds. The lowest BCUT2D eigenvalue weighted by Crippen LogP contribution is -2.47. The fraction of sp³-hybridized carbons (Fsp3) is 0.500. The highest BCUT2D eigenvalue weighted by atomic mass is 35.5. The summed E-state index contributed by atoms with van der Waals surface area (Å²) >= 11 is 5.60. The third-order valence-corrected chi connectivity index (χ3v) is 3.86. The highest BCUT2D eigenvalue weighted by Gasteiger charge is 2.28. The summed E-state index contributed by atoms with van der Waals surface area (Å²) in [4.78, 5) is 12.2. The molecule has 0 bridgehead atoms. The zero-order valence-electron chi connectivity index (χ0n) is 10.5. The SMILES string of the molecule is CC1CCN(c2cc(F)c(Cl)cc2[N+](=O)[O-])CC1N. The Morgan fingerprint density at radius 1 is 1.58 bits per heavy atom. The van der Waals surface area contributed by atoms with Crippen molar-refractivity contribution in [2.45, 2.75) is 19.4 Å². The molecule has 19 heavy (non-hydrogen) atoms. The maximum absolute atomic E-state index is 13.5. The van der Waals surface area contributed by atoms with E-state index < -0.39 is 10.7 Å². The monoisotopic (exact) mass is 287 g/mol. The van der Waals surface area contributed by atoms with Crippen molar-refractivity contribution < 1.29 is 9.31 Å². The minimum Gasteiger partial charge on any atom is -0.364 e. The summed E-state index contributed by atoms with van der Waals surface area (Å²) in [6.07, 6.45) is 0.822. The minimum atomic E-state index is -0.658. The van der Waals surface area contributed by atoms with E-state index in [1.54, 1.807) is 4.90 Å². The van der Waals surface area contributed by atoms with Gasteiger partial charge in [0.2, 0.25) is 0 Å². The molecule has 5 nitrogen and oxygen atoms in total. The number of nitro benzene ring substituents is 1. The van der Waals surface area contributed by atoms with Crippen molar-refractivity contribution >= 4 is 23.0 Å². The Balaban J connectivity index is 2.38. The van der Waals surface area contributed by atoms with E-state index in [4.69, 9.17) is 17.3 Å². The molecule has 1 aromatic rings. The van der Waals surface area contributed by atoms with E-state index >= 15 is 0 Å². The summed E-state index contributed by atoms with van der Waals surface area (Å²) < 4.78 is 13.5. The molecule has 1 fully saturated rings. The molecule has 0 aromatic heterocycles. The van der Waals surface area contributed by atoms with Gasteiger partial charge in [-0.15, -0.1) is 0 Å². The second-order valence-electron chi connectivity index (χ2n) is 4.89. The van der Waals surface area contributed by atoms with E-state index in [1.807, 2.05) is 6.92 Å². The number of piperidine rings is 1. The van der Waals surface area contributed by atoms with Gasteiger partial charge in [-0.05, 0) is 12.3 Å². The standard InChI is InChI=1S/C12H15ClFN3O2/c1-7-2-3-16(6-10(7)15)11-5-9(14)8(13)4-12(11)17(18)19/h4-5,7,10H,2-3,6,15H2,1H3. The first-order valence-electron chi connectivity index (χ1n) is 6.04. The molecule has 0 aliphatic carbocycles. The quantitative estimate of drug-likeness (QED) is 0.670. The second kappa shape index (κ2) is 5.30. The van der Waals surface area contributed by atoms with Crippen molar-refractivity contribution in [1.82, 2.24) is 0 Å². The van der Waals surface area contributed by atoms with E-state index in [2.05, 4.69) is 0 Å². The number of rotatable bonds is 2. The highest BCUT2D eigenvalue weighted by molar-refractivity contribution is 6.31. The van der Waals surface area contributed by atoms with Gasteiger partial charge in [0.05, 0.1) is 9.95 Å². The summed E-state index contributed by atoms with van der Waals surface area (Å²) in [7, 11) is 0. The summed E-state index contributed by atoms with van der Waals surface area (Å²) in [5.74, 6) is -0.304. The lowest BCUT2D eigenvalue weighted by Gasteiger charge is -2.36. The number of halogens is 2. The van der Waals surface area contributed by atoms with Crippen LogP contribution in [-0.2, 0) is 0 Å². The van der Waals surface area contributed by atoms with Gasteiger partial charge >= 0.3 is 0 Å². The highest BCUT2D eigenvalue weighted by Crippen LogP contribution is 2.35. The first-order chi connectivity index (χ1) is 8.90. The van der Waals surface area contributed by atoms with Gasteiger partial charge in [-0.1, -0.05) is 18.5 Å². The van der Waals surface area contributed by atoms with Crippen molar-refractivity contribution in [3.05, 3.63) is 33.1 Å². The van der Waals surface area contributed by atoms with Crippen LogP contribution in [0.3, 0.4) is 0 Å². The summed E-state index contributed by atoms with van der Waals surface area (Å²) in [6, 6.07) is 2.09. The zero-order valence-corrected chi connectivity index (χ0v) is 11.2. The molecule has 1 aromatic carbocycles. The predicted octanol–water partition coefficient (Wildman–Crippen LogP) is 2.56. The number of benzene rings is 1. The van der Waals surface area contributed by atoms with Gasteiger partial charge in [-0.25, -0.2) is 4.39 Å². The largest absolute Gasteiger partial charge is 0.364 e. The predicted molar refractivity (Wildman–Crippen MR) is 72.0 cm³/mol. The van der Waals surface area contributed by atoms with Crippen LogP contribution in [0.2, 0.25) is 5.02 Å². The molecular formula is C12H15ClFN3O2. The van der Waals surface area contributed by atoms with Gasteiger partial charge in [0, 0.05) is 31.3 Å². The number of hydrogen-bond donors (Lipinski definition) is 1. The van der Waals surface area contributed by atoms with Crippen molar-refractivity contribution in [3.63, 3.8) is 0 Å². The van der Waals surface area contributed by atoms with Crippen LogP contribution in [0.1, 0.15) is 13.3 Å². The Morgan fingerprint density at radius 2 is 2.26 bits per heavy atom. The lowest BCUT2D eigenvalue weighted by atomic mass is 9.94. The normalized spacial score (nSPS) is 23.5. The van der Waals surface area contributed by atoms with Gasteiger partial charge in [0.25, 0.3) is 5.69 Å². The zero-order chi connectivity index (χ0) is 14.2. The molecule has 0 radical (unpaired) electrons. The third kappa shape index (κ3) is 2.79. The molecule has 2 N–H and O–H groups in total. The first kappa shape index (κ1) is 14.0. The van der Waals surface area contributed by atoms with Crippen molar-refractivity contribution in [2.24, 2.45) is 11.7 Å². The minimum absolute atomic E-state index is 0.0768. The van der Waals surface area contributed by atoms with E-state index in [-0.39, 0.29) is 22.4 Å². The fourth-order valence-corrected chi connectivity index (χ4v) is 2.40. The Bertz CT molecular complexity index is 512. The number of hydrogen-bond acceptors (Lipinski definition) is 4. The first-order valence-corrected chi connectivity index (χ1v) is 6.42. The van der Waals surface area contributed by atoms with Crippen LogP contribution in [-0.4, -0.2) is 24.1 Å². The van der Waals surface area contributed by atoms with Gasteiger partial charge in [0.15, 0.2) is 0 Å². The van der Waals surface area contributed by atoms with Crippen LogP contribution in [0, 0.1) is 21.8 Å². The molecule has 2 atom stereocenters. The molecule has 7 heteroatoms. The molecule has 1 aliphatic rings.